The number of carbonyl (C=O) groups is 1. The van der Waals surface area contributed by atoms with Crippen LogP contribution in [0, 0.1) is 29.6 Å². The zero-order chi connectivity index (χ0) is 14.1. The fraction of sp³-hybridized carbons (Fsp3) is 0.938. The molecule has 0 aromatic rings. The minimum absolute atomic E-state index is 0.0121. The van der Waals surface area contributed by atoms with E-state index in [1.54, 1.807) is 0 Å². The molecule has 0 saturated heterocycles. The molecule has 0 aromatic heterocycles. The molecular formula is C16H28N2O2. The summed E-state index contributed by atoms with van der Waals surface area (Å²) in [6, 6.07) is 0.398. The Bertz CT molecular complexity index is 360. The van der Waals surface area contributed by atoms with Crippen molar-refractivity contribution in [1.82, 2.24) is 10.6 Å². The normalized spacial score (nSPS) is 39.6. The summed E-state index contributed by atoms with van der Waals surface area (Å²) in [5.74, 6) is 3.84. The molecule has 0 spiro atoms. The molecule has 4 heteroatoms. The van der Waals surface area contributed by atoms with Gasteiger partial charge in [0.2, 0.25) is 0 Å². The van der Waals surface area contributed by atoms with Crippen LogP contribution in [-0.4, -0.2) is 30.3 Å². The molecule has 0 aromatic carbocycles. The largest absolute Gasteiger partial charge is 0.396 e. The molecule has 2 amide bonds. The number of urea groups is 1. The van der Waals surface area contributed by atoms with Crippen molar-refractivity contribution >= 4 is 6.03 Å². The summed E-state index contributed by atoms with van der Waals surface area (Å²) in [6.07, 6.45) is 7.52. The summed E-state index contributed by atoms with van der Waals surface area (Å²) in [5.41, 5.74) is 0. The molecule has 6 unspecified atom stereocenters. The number of aliphatic hydroxyl groups is 1. The predicted octanol–water partition coefficient (Wildman–Crippen LogP) is 2.13. The molecule has 2 bridgehead atoms. The summed E-state index contributed by atoms with van der Waals surface area (Å²) in [6.45, 7) is 2.90. The molecule has 3 saturated carbocycles. The Morgan fingerprint density at radius 3 is 2.85 bits per heavy atom. The Balaban J connectivity index is 1.44. The Morgan fingerprint density at radius 2 is 2.05 bits per heavy atom. The summed E-state index contributed by atoms with van der Waals surface area (Å²) < 4.78 is 0. The molecule has 3 N–H and O–H groups in total. The highest BCUT2D eigenvalue weighted by molar-refractivity contribution is 5.74. The maximum atomic E-state index is 12.0. The van der Waals surface area contributed by atoms with Crippen LogP contribution in [0.5, 0.6) is 0 Å². The van der Waals surface area contributed by atoms with Gasteiger partial charge in [0.1, 0.15) is 0 Å². The van der Waals surface area contributed by atoms with Crippen molar-refractivity contribution in [2.45, 2.75) is 51.5 Å². The Kier molecular flexibility index (Phi) is 4.20. The first-order valence-electron chi connectivity index (χ1n) is 8.34. The average Bonchev–Trinajstić information content (AvgIpc) is 3.08. The molecule has 0 aliphatic heterocycles. The molecule has 3 aliphatic carbocycles. The number of hydrogen-bond donors (Lipinski definition) is 3. The van der Waals surface area contributed by atoms with E-state index in [1.807, 2.05) is 0 Å². The van der Waals surface area contributed by atoms with Gasteiger partial charge < -0.3 is 15.7 Å². The van der Waals surface area contributed by atoms with E-state index in [0.29, 0.717) is 18.5 Å². The topological polar surface area (TPSA) is 61.4 Å². The van der Waals surface area contributed by atoms with Gasteiger partial charge in [-0.3, -0.25) is 0 Å². The SMILES string of the molecule is CC(CCO)CNC(=O)NC1CC2CC1C1CCCC21. The molecule has 3 aliphatic rings. The van der Waals surface area contributed by atoms with Crippen LogP contribution < -0.4 is 10.6 Å². The number of rotatable bonds is 5. The van der Waals surface area contributed by atoms with Gasteiger partial charge in [-0.15, -0.1) is 0 Å². The van der Waals surface area contributed by atoms with Crippen LogP contribution in [0.1, 0.15) is 45.4 Å². The van der Waals surface area contributed by atoms with Crippen molar-refractivity contribution in [3.63, 3.8) is 0 Å². The van der Waals surface area contributed by atoms with Crippen LogP contribution in [-0.2, 0) is 0 Å². The molecule has 0 radical (unpaired) electrons. The Hall–Kier alpha value is -0.770. The first-order valence-corrected chi connectivity index (χ1v) is 8.34. The van der Waals surface area contributed by atoms with Gasteiger partial charge in [-0.2, -0.15) is 0 Å². The average molecular weight is 280 g/mol. The number of carbonyl (C=O) groups excluding carboxylic acids is 1. The van der Waals surface area contributed by atoms with Gasteiger partial charge in [0.05, 0.1) is 0 Å². The third-order valence-electron chi connectivity index (χ3n) is 5.98. The maximum absolute atomic E-state index is 12.0. The van der Waals surface area contributed by atoms with Crippen LogP contribution >= 0.6 is 0 Å². The highest BCUT2D eigenvalue weighted by Gasteiger charge is 2.53. The lowest BCUT2D eigenvalue weighted by Crippen LogP contribution is -2.47. The van der Waals surface area contributed by atoms with Crippen molar-refractivity contribution in [2.75, 3.05) is 13.2 Å². The first-order chi connectivity index (χ1) is 9.69. The van der Waals surface area contributed by atoms with E-state index in [0.717, 1.165) is 30.1 Å². The number of nitrogens with one attached hydrogen (secondary N) is 2. The highest BCUT2D eigenvalue weighted by atomic mass is 16.3. The molecule has 3 fully saturated rings. The number of fused-ring (bicyclic) bond motifs is 5. The summed E-state index contributed by atoms with van der Waals surface area (Å²) in [5, 5.41) is 15.0. The summed E-state index contributed by atoms with van der Waals surface area (Å²) in [7, 11) is 0. The van der Waals surface area contributed by atoms with Crippen LogP contribution in [0.2, 0.25) is 0 Å². The van der Waals surface area contributed by atoms with Crippen molar-refractivity contribution in [3.05, 3.63) is 0 Å². The molecule has 114 valence electrons. The lowest BCUT2D eigenvalue weighted by molar-refractivity contribution is 0.196. The van der Waals surface area contributed by atoms with Gasteiger partial charge >= 0.3 is 6.03 Å². The van der Waals surface area contributed by atoms with Gasteiger partial charge in [-0.1, -0.05) is 13.3 Å². The minimum Gasteiger partial charge on any atom is -0.396 e. The minimum atomic E-state index is -0.0121. The third kappa shape index (κ3) is 2.67. The molecule has 6 atom stereocenters. The molecule has 0 heterocycles. The van der Waals surface area contributed by atoms with Crippen molar-refractivity contribution < 1.29 is 9.90 Å². The molecule has 4 nitrogen and oxygen atoms in total. The van der Waals surface area contributed by atoms with Crippen LogP contribution in [0.4, 0.5) is 4.79 Å². The van der Waals surface area contributed by atoms with E-state index in [9.17, 15) is 4.79 Å². The Morgan fingerprint density at radius 1 is 1.25 bits per heavy atom. The van der Waals surface area contributed by atoms with Gasteiger partial charge in [0.25, 0.3) is 0 Å². The third-order valence-corrected chi connectivity index (χ3v) is 5.98. The van der Waals surface area contributed by atoms with E-state index in [-0.39, 0.29) is 12.6 Å². The van der Waals surface area contributed by atoms with Gasteiger partial charge in [0.15, 0.2) is 0 Å². The quantitative estimate of drug-likeness (QED) is 0.722. The maximum Gasteiger partial charge on any atom is 0.315 e. The second-order valence-corrected chi connectivity index (χ2v) is 7.23. The molecular weight excluding hydrogens is 252 g/mol. The number of aliphatic hydroxyl groups excluding tert-OH is 1. The lowest BCUT2D eigenvalue weighted by atomic mass is 9.79. The zero-order valence-electron chi connectivity index (χ0n) is 12.5. The fourth-order valence-electron chi connectivity index (χ4n) is 5.04. The van der Waals surface area contributed by atoms with Crippen molar-refractivity contribution in [3.8, 4) is 0 Å². The second-order valence-electron chi connectivity index (χ2n) is 7.23. The predicted molar refractivity (Wildman–Crippen MR) is 78.2 cm³/mol. The van der Waals surface area contributed by atoms with E-state index in [4.69, 9.17) is 5.11 Å². The van der Waals surface area contributed by atoms with E-state index in [2.05, 4.69) is 17.6 Å². The molecule has 20 heavy (non-hydrogen) atoms. The fourth-order valence-corrected chi connectivity index (χ4v) is 5.04. The second kappa shape index (κ2) is 5.92. The van der Waals surface area contributed by atoms with Crippen molar-refractivity contribution in [2.24, 2.45) is 29.6 Å². The van der Waals surface area contributed by atoms with Crippen LogP contribution in [0.15, 0.2) is 0 Å². The van der Waals surface area contributed by atoms with Gasteiger partial charge in [-0.05, 0) is 61.7 Å². The van der Waals surface area contributed by atoms with E-state index >= 15 is 0 Å². The highest BCUT2D eigenvalue weighted by Crippen LogP contribution is 2.58. The number of amides is 2. The van der Waals surface area contributed by atoms with Crippen molar-refractivity contribution in [1.29, 1.82) is 0 Å². The number of hydrogen-bond acceptors (Lipinski definition) is 2. The monoisotopic (exact) mass is 280 g/mol. The smallest absolute Gasteiger partial charge is 0.315 e. The van der Waals surface area contributed by atoms with Crippen LogP contribution in [0.25, 0.3) is 0 Å². The van der Waals surface area contributed by atoms with Crippen LogP contribution in [0.3, 0.4) is 0 Å². The van der Waals surface area contributed by atoms with E-state index < -0.39 is 0 Å². The first kappa shape index (κ1) is 14.2. The van der Waals surface area contributed by atoms with Gasteiger partial charge in [0, 0.05) is 19.2 Å². The summed E-state index contributed by atoms with van der Waals surface area (Å²) in [4.78, 5) is 12.0. The zero-order valence-corrected chi connectivity index (χ0v) is 12.5. The van der Waals surface area contributed by atoms with Gasteiger partial charge in [-0.25, -0.2) is 4.79 Å². The lowest BCUT2D eigenvalue weighted by Gasteiger charge is -2.32. The Labute approximate surface area is 121 Å². The standard InChI is InChI=1S/C16H28N2O2/c1-10(5-6-19)9-17-16(20)18-15-8-11-7-14(15)13-4-2-3-12(11)13/h10-15,19H,2-9H2,1H3,(H2,17,18,20). The van der Waals surface area contributed by atoms with E-state index in [1.165, 1.54) is 32.1 Å². The molecule has 3 rings (SSSR count). The summed E-state index contributed by atoms with van der Waals surface area (Å²) >= 11 is 0.